The maximum Gasteiger partial charge on any atom is 0.133 e. The Morgan fingerprint density at radius 3 is 2.50 bits per heavy atom. The van der Waals surface area contributed by atoms with E-state index in [1.165, 1.54) is 25.7 Å². The first-order valence-electron chi connectivity index (χ1n) is 5.69. The lowest BCUT2D eigenvalue weighted by Crippen LogP contribution is -2.27. The smallest absolute Gasteiger partial charge is 0.133 e. The van der Waals surface area contributed by atoms with Crippen molar-refractivity contribution in [3.8, 4) is 5.75 Å². The maximum atomic E-state index is 5.94. The van der Waals surface area contributed by atoms with E-state index in [0.717, 1.165) is 22.2 Å². The molecule has 3 heteroatoms. The van der Waals surface area contributed by atoms with Gasteiger partial charge in [-0.1, -0.05) is 40.9 Å². The van der Waals surface area contributed by atoms with E-state index in [1.807, 2.05) is 24.3 Å². The SMILES string of the molecule is BrCC1(COc2ccccc2Br)CCCC1. The van der Waals surface area contributed by atoms with Gasteiger partial charge in [0.05, 0.1) is 11.1 Å². The van der Waals surface area contributed by atoms with E-state index in [1.54, 1.807) is 0 Å². The summed E-state index contributed by atoms with van der Waals surface area (Å²) in [6, 6.07) is 8.05. The zero-order valence-electron chi connectivity index (χ0n) is 9.22. The molecule has 0 bridgehead atoms. The van der Waals surface area contributed by atoms with Crippen LogP contribution in [-0.2, 0) is 0 Å². The predicted octanol–water partition coefficient (Wildman–Crippen LogP) is 4.78. The Bertz CT molecular complexity index is 346. The third-order valence-electron chi connectivity index (χ3n) is 3.32. The van der Waals surface area contributed by atoms with Crippen LogP contribution in [0.1, 0.15) is 25.7 Å². The van der Waals surface area contributed by atoms with E-state index in [2.05, 4.69) is 31.9 Å². The average molecular weight is 348 g/mol. The lowest BCUT2D eigenvalue weighted by Gasteiger charge is -2.26. The minimum Gasteiger partial charge on any atom is -0.492 e. The summed E-state index contributed by atoms with van der Waals surface area (Å²) in [7, 11) is 0. The highest BCUT2D eigenvalue weighted by molar-refractivity contribution is 9.10. The Morgan fingerprint density at radius 1 is 1.19 bits per heavy atom. The molecule has 0 atom stereocenters. The van der Waals surface area contributed by atoms with E-state index in [0.29, 0.717) is 5.41 Å². The Kier molecular flexibility index (Phi) is 4.31. The van der Waals surface area contributed by atoms with Gasteiger partial charge in [-0.2, -0.15) is 0 Å². The molecular weight excluding hydrogens is 332 g/mol. The zero-order chi connectivity index (χ0) is 11.4. The first-order chi connectivity index (χ1) is 7.76. The standard InChI is InChI=1S/C13H16Br2O/c14-9-13(7-3-4-8-13)10-16-12-6-2-1-5-11(12)15/h1-2,5-6H,3-4,7-10H2. The van der Waals surface area contributed by atoms with Crippen molar-refractivity contribution >= 4 is 31.9 Å². The van der Waals surface area contributed by atoms with Gasteiger partial charge in [0.15, 0.2) is 0 Å². The molecule has 0 spiro atoms. The van der Waals surface area contributed by atoms with Crippen molar-refractivity contribution in [1.29, 1.82) is 0 Å². The summed E-state index contributed by atoms with van der Waals surface area (Å²) < 4.78 is 6.98. The monoisotopic (exact) mass is 346 g/mol. The molecule has 0 aromatic heterocycles. The number of hydrogen-bond acceptors (Lipinski definition) is 1. The molecule has 0 radical (unpaired) electrons. The first-order valence-corrected chi connectivity index (χ1v) is 7.61. The van der Waals surface area contributed by atoms with E-state index in [-0.39, 0.29) is 0 Å². The summed E-state index contributed by atoms with van der Waals surface area (Å²) in [6.07, 6.45) is 5.24. The summed E-state index contributed by atoms with van der Waals surface area (Å²) in [5.74, 6) is 0.953. The van der Waals surface area contributed by atoms with Crippen LogP contribution in [0.15, 0.2) is 28.7 Å². The second-order valence-corrected chi connectivity index (χ2v) is 5.97. The van der Waals surface area contributed by atoms with Gasteiger partial charge in [-0.05, 0) is 40.9 Å². The lowest BCUT2D eigenvalue weighted by molar-refractivity contribution is 0.173. The molecule has 0 N–H and O–H groups in total. The summed E-state index contributed by atoms with van der Waals surface area (Å²) in [4.78, 5) is 0. The van der Waals surface area contributed by atoms with Gasteiger partial charge in [-0.25, -0.2) is 0 Å². The van der Waals surface area contributed by atoms with Crippen LogP contribution in [0.5, 0.6) is 5.75 Å². The van der Waals surface area contributed by atoms with Crippen LogP contribution >= 0.6 is 31.9 Å². The molecule has 0 saturated heterocycles. The molecule has 1 aromatic rings. The average Bonchev–Trinajstić information content (AvgIpc) is 2.78. The largest absolute Gasteiger partial charge is 0.492 e. The zero-order valence-corrected chi connectivity index (χ0v) is 12.4. The number of hydrogen-bond donors (Lipinski definition) is 0. The minimum atomic E-state index is 0.356. The first kappa shape index (κ1) is 12.4. The third kappa shape index (κ3) is 2.80. The molecule has 1 aliphatic carbocycles. The van der Waals surface area contributed by atoms with E-state index in [4.69, 9.17) is 4.74 Å². The van der Waals surface area contributed by atoms with E-state index in [9.17, 15) is 0 Å². The third-order valence-corrected chi connectivity index (χ3v) is 5.16. The highest BCUT2D eigenvalue weighted by Gasteiger charge is 2.33. The predicted molar refractivity (Wildman–Crippen MR) is 74.3 cm³/mol. The summed E-state index contributed by atoms with van der Waals surface area (Å²) in [5, 5.41) is 1.05. The Hall–Kier alpha value is -0.0200. The van der Waals surface area contributed by atoms with Gasteiger partial charge in [-0.3, -0.25) is 0 Å². The van der Waals surface area contributed by atoms with Crippen LogP contribution in [0, 0.1) is 5.41 Å². The quantitative estimate of drug-likeness (QED) is 0.712. The van der Waals surface area contributed by atoms with Crippen molar-refractivity contribution in [2.24, 2.45) is 5.41 Å². The fraction of sp³-hybridized carbons (Fsp3) is 0.538. The number of para-hydroxylation sites is 1. The van der Waals surface area contributed by atoms with Gasteiger partial charge in [0.1, 0.15) is 5.75 Å². The van der Waals surface area contributed by atoms with Gasteiger partial charge in [0.2, 0.25) is 0 Å². The van der Waals surface area contributed by atoms with Gasteiger partial charge in [0, 0.05) is 10.7 Å². The van der Waals surface area contributed by atoms with Crippen LogP contribution in [0.3, 0.4) is 0 Å². The number of alkyl halides is 1. The number of halogens is 2. The fourth-order valence-corrected chi connectivity index (χ4v) is 3.36. The van der Waals surface area contributed by atoms with Crippen LogP contribution in [0.25, 0.3) is 0 Å². The fourth-order valence-electron chi connectivity index (χ4n) is 2.23. The van der Waals surface area contributed by atoms with Crippen molar-refractivity contribution in [2.45, 2.75) is 25.7 Å². The summed E-state index contributed by atoms with van der Waals surface area (Å²) >= 11 is 7.14. The van der Waals surface area contributed by atoms with Crippen molar-refractivity contribution in [3.63, 3.8) is 0 Å². The molecule has 88 valence electrons. The summed E-state index contributed by atoms with van der Waals surface area (Å²) in [5.41, 5.74) is 0.356. The van der Waals surface area contributed by atoms with Crippen molar-refractivity contribution in [2.75, 3.05) is 11.9 Å². The number of benzene rings is 1. The van der Waals surface area contributed by atoms with Gasteiger partial charge < -0.3 is 4.74 Å². The molecule has 0 heterocycles. The van der Waals surface area contributed by atoms with Crippen molar-refractivity contribution in [1.82, 2.24) is 0 Å². The van der Waals surface area contributed by atoms with Crippen LogP contribution in [0.4, 0.5) is 0 Å². The Morgan fingerprint density at radius 2 is 1.88 bits per heavy atom. The molecule has 0 aliphatic heterocycles. The van der Waals surface area contributed by atoms with Crippen LogP contribution in [-0.4, -0.2) is 11.9 Å². The Balaban J connectivity index is 1.98. The molecule has 0 unspecified atom stereocenters. The minimum absolute atomic E-state index is 0.356. The van der Waals surface area contributed by atoms with E-state index >= 15 is 0 Å². The molecular formula is C13H16Br2O. The van der Waals surface area contributed by atoms with Crippen LogP contribution in [0.2, 0.25) is 0 Å². The summed E-state index contributed by atoms with van der Waals surface area (Å²) in [6.45, 7) is 0.820. The highest BCUT2D eigenvalue weighted by atomic mass is 79.9. The second kappa shape index (κ2) is 5.54. The topological polar surface area (TPSA) is 9.23 Å². The molecule has 1 aliphatic rings. The molecule has 2 rings (SSSR count). The molecule has 0 amide bonds. The molecule has 16 heavy (non-hydrogen) atoms. The van der Waals surface area contributed by atoms with Gasteiger partial charge in [0.25, 0.3) is 0 Å². The molecule has 1 nitrogen and oxygen atoms in total. The van der Waals surface area contributed by atoms with Crippen molar-refractivity contribution in [3.05, 3.63) is 28.7 Å². The molecule has 1 aromatic carbocycles. The lowest BCUT2D eigenvalue weighted by atomic mass is 9.90. The highest BCUT2D eigenvalue weighted by Crippen LogP contribution is 2.40. The maximum absolute atomic E-state index is 5.94. The second-order valence-electron chi connectivity index (χ2n) is 4.56. The van der Waals surface area contributed by atoms with E-state index < -0.39 is 0 Å². The Labute approximate surface area is 114 Å². The van der Waals surface area contributed by atoms with Gasteiger partial charge in [-0.15, -0.1) is 0 Å². The van der Waals surface area contributed by atoms with Crippen LogP contribution < -0.4 is 4.74 Å². The normalized spacial score (nSPS) is 18.6. The molecule has 1 saturated carbocycles. The number of ether oxygens (including phenoxy) is 1. The molecule has 1 fully saturated rings. The number of rotatable bonds is 4. The van der Waals surface area contributed by atoms with Crippen molar-refractivity contribution < 1.29 is 4.74 Å². The van der Waals surface area contributed by atoms with Gasteiger partial charge >= 0.3 is 0 Å².